The highest BCUT2D eigenvalue weighted by Gasteiger charge is 2.33. The van der Waals surface area contributed by atoms with Crippen LogP contribution in [0.2, 0.25) is 0 Å². The van der Waals surface area contributed by atoms with Gasteiger partial charge in [0.05, 0.1) is 11.7 Å². The summed E-state index contributed by atoms with van der Waals surface area (Å²) in [5.74, 6) is 0.688. The first-order valence-corrected chi connectivity index (χ1v) is 17.9. The predicted octanol–water partition coefficient (Wildman–Crippen LogP) is 5.02. The second-order valence-electron chi connectivity index (χ2n) is 12.9. The molecule has 1 unspecified atom stereocenters. The van der Waals surface area contributed by atoms with Gasteiger partial charge in [-0.05, 0) is 68.1 Å². The zero-order valence-electron chi connectivity index (χ0n) is 26.9. The van der Waals surface area contributed by atoms with Gasteiger partial charge >= 0.3 is 10.2 Å². The predicted molar refractivity (Wildman–Crippen MR) is 180 cm³/mol. The Morgan fingerprint density at radius 3 is 2.58 bits per heavy atom. The molecule has 0 saturated heterocycles. The SMILES string of the molecule is C=CCc1cccc2c1OCC1Cn3c-2c(C2CCCCC2)c2ccc(cc23)C(=O)NS(=O)(=O)N(C)CCN(CC)CCN1C. The lowest BCUT2D eigenvalue weighted by Crippen LogP contribution is -2.47. The Balaban J connectivity index is 1.60. The highest BCUT2D eigenvalue weighted by Crippen LogP contribution is 2.48. The molecule has 1 amide bonds. The number of hydrogen-bond donors (Lipinski definition) is 1. The number of nitrogens with one attached hydrogen (secondary N) is 1. The van der Waals surface area contributed by atoms with E-state index in [1.54, 1.807) is 6.07 Å². The first-order chi connectivity index (χ1) is 21.7. The van der Waals surface area contributed by atoms with E-state index in [-0.39, 0.29) is 12.6 Å². The number of amides is 1. The monoisotopic (exact) mass is 633 g/mol. The van der Waals surface area contributed by atoms with Crippen LogP contribution in [-0.2, 0) is 23.2 Å². The second-order valence-corrected chi connectivity index (χ2v) is 14.6. The molecule has 1 fully saturated rings. The fourth-order valence-electron chi connectivity index (χ4n) is 7.34. The van der Waals surface area contributed by atoms with Crippen LogP contribution in [0.5, 0.6) is 5.75 Å². The Morgan fingerprint density at radius 2 is 1.82 bits per heavy atom. The third-order valence-electron chi connectivity index (χ3n) is 10.1. The smallest absolute Gasteiger partial charge is 0.303 e. The Morgan fingerprint density at radius 1 is 1.04 bits per heavy atom. The summed E-state index contributed by atoms with van der Waals surface area (Å²) in [6, 6.07) is 12.2. The first-order valence-electron chi connectivity index (χ1n) is 16.4. The minimum Gasteiger partial charge on any atom is -0.491 e. The Bertz CT molecular complexity index is 1680. The fraction of sp³-hybridized carbons (Fsp3) is 0.514. The summed E-state index contributed by atoms with van der Waals surface area (Å²) >= 11 is 0. The van der Waals surface area contributed by atoms with Gasteiger partial charge in [0.1, 0.15) is 12.4 Å². The van der Waals surface area contributed by atoms with Gasteiger partial charge in [-0.25, -0.2) is 4.72 Å². The second kappa shape index (κ2) is 13.3. The molecular weight excluding hydrogens is 586 g/mol. The molecule has 45 heavy (non-hydrogen) atoms. The lowest BCUT2D eigenvalue weighted by atomic mass is 9.81. The van der Waals surface area contributed by atoms with Crippen LogP contribution in [-0.4, -0.2) is 92.5 Å². The number of fused-ring (bicyclic) bond motifs is 4. The number of likely N-dealkylation sites (N-methyl/N-ethyl adjacent to an activating group) is 3. The number of allylic oxidation sites excluding steroid dienone is 1. The van der Waals surface area contributed by atoms with E-state index in [9.17, 15) is 13.2 Å². The topological polar surface area (TPSA) is 87.1 Å². The van der Waals surface area contributed by atoms with Crippen molar-refractivity contribution in [3.8, 4) is 17.0 Å². The van der Waals surface area contributed by atoms with E-state index in [1.807, 2.05) is 18.2 Å². The molecule has 242 valence electrons. The van der Waals surface area contributed by atoms with Crippen LogP contribution in [0.3, 0.4) is 0 Å². The number of rotatable bonds is 4. The minimum absolute atomic E-state index is 0.0793. The molecule has 9 nitrogen and oxygen atoms in total. The van der Waals surface area contributed by atoms with Crippen LogP contribution in [0.25, 0.3) is 22.2 Å². The summed E-state index contributed by atoms with van der Waals surface area (Å²) < 4.78 is 39.1. The van der Waals surface area contributed by atoms with Crippen LogP contribution < -0.4 is 9.46 Å². The average molecular weight is 634 g/mol. The molecule has 2 aliphatic heterocycles. The summed E-state index contributed by atoms with van der Waals surface area (Å²) in [7, 11) is -0.326. The lowest BCUT2D eigenvalue weighted by molar-refractivity contribution is 0.0979. The van der Waals surface area contributed by atoms with Crippen molar-refractivity contribution in [2.24, 2.45) is 0 Å². The van der Waals surface area contributed by atoms with Gasteiger partial charge in [-0.15, -0.1) is 6.58 Å². The summed E-state index contributed by atoms with van der Waals surface area (Å²) in [5, 5.41) is 1.13. The number of para-hydroxylation sites is 1. The summed E-state index contributed by atoms with van der Waals surface area (Å²) in [6.45, 7) is 10.6. The maximum absolute atomic E-state index is 13.5. The number of ether oxygens (including phenoxy) is 1. The quantitative estimate of drug-likeness (QED) is 0.407. The van der Waals surface area contributed by atoms with Crippen LogP contribution in [0.4, 0.5) is 0 Å². The molecule has 1 N–H and O–H groups in total. The minimum atomic E-state index is -4.01. The van der Waals surface area contributed by atoms with E-state index in [0.29, 0.717) is 37.6 Å². The highest BCUT2D eigenvalue weighted by atomic mass is 32.2. The Kier molecular flexibility index (Phi) is 9.38. The van der Waals surface area contributed by atoms with Crippen LogP contribution in [0, 0.1) is 0 Å². The molecule has 1 atom stereocenters. The molecule has 2 aromatic carbocycles. The standard InChI is InChI=1S/C35H47N5O4S/c1-5-11-26-14-10-15-30-33-32(25-12-8-7-9-13-25)29-17-16-27-22-31(29)40(33)23-28(24-44-34(26)30)37(3)18-20-39(6-2)21-19-38(4)45(42,43)36-35(27)41/h5,10,14-17,22,25,28H,1,6-9,11-13,18-21,23-24H2,2-4H3,(H,36,41). The van der Waals surface area contributed by atoms with Crippen molar-refractivity contribution in [2.45, 2.75) is 64.0 Å². The van der Waals surface area contributed by atoms with E-state index in [0.717, 1.165) is 65.9 Å². The molecule has 3 aromatic rings. The lowest BCUT2D eigenvalue weighted by Gasteiger charge is -2.34. The molecule has 0 spiro atoms. The molecule has 3 aliphatic rings. The summed E-state index contributed by atoms with van der Waals surface area (Å²) in [5.41, 5.74) is 5.98. The number of aromatic nitrogens is 1. The molecule has 4 bridgehead atoms. The number of carbonyl (C=O) groups is 1. The molecular formula is C35H47N5O4S. The number of nitrogens with zero attached hydrogens (tertiary/aromatic N) is 4. The largest absolute Gasteiger partial charge is 0.491 e. The van der Waals surface area contributed by atoms with E-state index < -0.39 is 16.1 Å². The molecule has 3 heterocycles. The maximum atomic E-state index is 13.5. The highest BCUT2D eigenvalue weighted by molar-refractivity contribution is 7.87. The van der Waals surface area contributed by atoms with Gasteiger partial charge in [-0.2, -0.15) is 12.7 Å². The van der Waals surface area contributed by atoms with Gasteiger partial charge < -0.3 is 14.2 Å². The van der Waals surface area contributed by atoms with Crippen LogP contribution in [0.1, 0.15) is 66.4 Å². The van der Waals surface area contributed by atoms with Gasteiger partial charge in [-0.3, -0.25) is 9.69 Å². The first kappa shape index (κ1) is 31.8. The Hall–Kier alpha value is -3.18. The van der Waals surface area contributed by atoms with Crippen LogP contribution in [0.15, 0.2) is 49.1 Å². The molecule has 1 aromatic heterocycles. The van der Waals surface area contributed by atoms with Crippen molar-refractivity contribution in [3.05, 3.63) is 65.7 Å². The van der Waals surface area contributed by atoms with Crippen LogP contribution >= 0.6 is 0 Å². The van der Waals surface area contributed by atoms with Crippen molar-refractivity contribution in [1.29, 1.82) is 0 Å². The van der Waals surface area contributed by atoms with E-state index >= 15 is 0 Å². The number of hydrogen-bond acceptors (Lipinski definition) is 6. The normalized spacial score (nSPS) is 22.5. The fourth-order valence-corrected chi connectivity index (χ4v) is 8.17. The third-order valence-corrected chi connectivity index (χ3v) is 11.6. The number of benzene rings is 2. The van der Waals surface area contributed by atoms with E-state index in [1.165, 1.54) is 36.2 Å². The maximum Gasteiger partial charge on any atom is 0.303 e. The van der Waals surface area contributed by atoms with Crippen molar-refractivity contribution in [2.75, 3.05) is 53.4 Å². The zero-order chi connectivity index (χ0) is 31.7. The Labute approximate surface area is 268 Å². The summed E-state index contributed by atoms with van der Waals surface area (Å²) in [4.78, 5) is 18.2. The summed E-state index contributed by atoms with van der Waals surface area (Å²) in [6.07, 6.45) is 8.53. The van der Waals surface area contributed by atoms with E-state index in [4.69, 9.17) is 4.74 Å². The van der Waals surface area contributed by atoms with E-state index in [2.05, 4.69) is 57.8 Å². The van der Waals surface area contributed by atoms with Crippen molar-refractivity contribution < 1.29 is 17.9 Å². The molecule has 1 saturated carbocycles. The molecule has 6 rings (SSSR count). The van der Waals surface area contributed by atoms with Gasteiger partial charge in [0.25, 0.3) is 5.91 Å². The van der Waals surface area contributed by atoms with Gasteiger partial charge in [0.15, 0.2) is 0 Å². The van der Waals surface area contributed by atoms with Gasteiger partial charge in [0, 0.05) is 61.8 Å². The molecule has 10 heteroatoms. The van der Waals surface area contributed by atoms with Gasteiger partial charge in [-0.1, -0.05) is 50.5 Å². The molecule has 0 radical (unpaired) electrons. The third kappa shape index (κ3) is 6.30. The average Bonchev–Trinajstić information content (AvgIpc) is 3.34. The number of carbonyl (C=O) groups excluding carboxylic acids is 1. The van der Waals surface area contributed by atoms with Crippen molar-refractivity contribution in [3.63, 3.8) is 0 Å². The molecule has 1 aliphatic carbocycles. The zero-order valence-corrected chi connectivity index (χ0v) is 27.7. The van der Waals surface area contributed by atoms with Crippen molar-refractivity contribution in [1.82, 2.24) is 23.4 Å². The van der Waals surface area contributed by atoms with Gasteiger partial charge in [0.2, 0.25) is 0 Å². The van der Waals surface area contributed by atoms with Crippen molar-refractivity contribution >= 4 is 27.0 Å².